The third kappa shape index (κ3) is 5.87. The molecule has 0 aromatic heterocycles. The van der Waals surface area contributed by atoms with Crippen LogP contribution in [0.25, 0.3) is 0 Å². The summed E-state index contributed by atoms with van der Waals surface area (Å²) in [5.41, 5.74) is 1.21. The molecule has 0 saturated carbocycles. The van der Waals surface area contributed by atoms with Gasteiger partial charge in [0, 0.05) is 39.3 Å². The molecule has 6 nitrogen and oxygen atoms in total. The van der Waals surface area contributed by atoms with E-state index >= 15 is 0 Å². The van der Waals surface area contributed by atoms with E-state index in [4.69, 9.17) is 5.11 Å². The molecule has 0 unspecified atom stereocenters. The van der Waals surface area contributed by atoms with Crippen LogP contribution < -0.4 is 5.32 Å². The molecule has 24 heavy (non-hydrogen) atoms. The Labute approximate surface area is 145 Å². The van der Waals surface area contributed by atoms with Gasteiger partial charge in [-0.2, -0.15) is 0 Å². The Kier molecular flexibility index (Phi) is 7.65. The number of likely N-dealkylation sites (N-methyl/N-ethyl adjacent to an activating group) is 1. The summed E-state index contributed by atoms with van der Waals surface area (Å²) < 4.78 is 0. The normalized spacial score (nSPS) is 17.8. The zero-order valence-electron chi connectivity index (χ0n) is 14.8. The minimum absolute atomic E-state index is 0.0772. The quantitative estimate of drug-likeness (QED) is 0.702. The Morgan fingerprint density at radius 2 is 1.79 bits per heavy atom. The summed E-state index contributed by atoms with van der Waals surface area (Å²) in [5, 5.41) is 12.0. The molecule has 2 N–H and O–H groups in total. The van der Waals surface area contributed by atoms with E-state index in [0.29, 0.717) is 13.1 Å². The largest absolute Gasteiger partial charge is 0.395 e. The third-order valence-corrected chi connectivity index (χ3v) is 4.55. The molecule has 1 aromatic rings. The van der Waals surface area contributed by atoms with E-state index in [1.807, 2.05) is 32.3 Å². The predicted molar refractivity (Wildman–Crippen MR) is 95.8 cm³/mol. The number of β-amino-alcohol motifs (C(OH)–C–C–N with tert-alkyl or cyclic N) is 1. The number of piperazine rings is 1. The van der Waals surface area contributed by atoms with Crippen molar-refractivity contribution in [1.82, 2.24) is 20.0 Å². The lowest BCUT2D eigenvalue weighted by Gasteiger charge is -2.34. The van der Waals surface area contributed by atoms with E-state index in [1.54, 1.807) is 0 Å². The van der Waals surface area contributed by atoms with Gasteiger partial charge < -0.3 is 15.3 Å². The van der Waals surface area contributed by atoms with Crippen LogP contribution in [0.5, 0.6) is 0 Å². The van der Waals surface area contributed by atoms with Crippen molar-refractivity contribution in [3.05, 3.63) is 35.9 Å². The molecule has 0 bridgehead atoms. The van der Waals surface area contributed by atoms with Gasteiger partial charge in [-0.25, -0.2) is 0 Å². The maximum absolute atomic E-state index is 12.3. The van der Waals surface area contributed by atoms with Crippen LogP contribution in [-0.4, -0.2) is 92.2 Å². The van der Waals surface area contributed by atoms with Crippen molar-refractivity contribution in [3.63, 3.8) is 0 Å². The molecule has 1 aromatic carbocycles. The fourth-order valence-corrected chi connectivity index (χ4v) is 3.06. The van der Waals surface area contributed by atoms with Gasteiger partial charge in [0.15, 0.2) is 0 Å². The van der Waals surface area contributed by atoms with Crippen LogP contribution in [0.15, 0.2) is 30.3 Å². The van der Waals surface area contributed by atoms with E-state index < -0.39 is 0 Å². The molecular weight excluding hydrogens is 304 g/mol. The minimum atomic E-state index is 0.0772. The number of carbonyl (C=O) groups is 1. The molecule has 1 saturated heterocycles. The van der Waals surface area contributed by atoms with Gasteiger partial charge in [-0.05, 0) is 19.7 Å². The first-order valence-electron chi connectivity index (χ1n) is 8.64. The number of nitrogens with zero attached hydrogens (tertiary/aromatic N) is 3. The molecule has 1 fully saturated rings. The number of aliphatic hydroxyl groups excluding tert-OH is 1. The Balaban J connectivity index is 1.76. The highest BCUT2D eigenvalue weighted by Gasteiger charge is 2.20. The second kappa shape index (κ2) is 9.74. The van der Waals surface area contributed by atoms with Crippen LogP contribution in [0.1, 0.15) is 11.6 Å². The maximum Gasteiger partial charge on any atom is 0.234 e. The summed E-state index contributed by atoms with van der Waals surface area (Å²) in [6.07, 6.45) is 0. The molecule has 1 aliphatic rings. The molecule has 1 atom stereocenters. The molecule has 134 valence electrons. The molecule has 0 spiro atoms. The highest BCUT2D eigenvalue weighted by atomic mass is 16.3. The molecule has 0 radical (unpaired) electrons. The first-order valence-corrected chi connectivity index (χ1v) is 8.64. The van der Waals surface area contributed by atoms with E-state index in [-0.39, 0.29) is 18.6 Å². The van der Waals surface area contributed by atoms with E-state index in [9.17, 15) is 4.79 Å². The summed E-state index contributed by atoms with van der Waals surface area (Å²) >= 11 is 0. The maximum atomic E-state index is 12.3. The minimum Gasteiger partial charge on any atom is -0.395 e. The Morgan fingerprint density at radius 3 is 2.38 bits per heavy atom. The van der Waals surface area contributed by atoms with Crippen molar-refractivity contribution in [2.24, 2.45) is 0 Å². The molecule has 2 rings (SSSR count). The van der Waals surface area contributed by atoms with E-state index in [2.05, 4.69) is 32.1 Å². The van der Waals surface area contributed by atoms with Crippen LogP contribution in [0.2, 0.25) is 0 Å². The first-order chi connectivity index (χ1) is 11.6. The number of benzene rings is 1. The summed E-state index contributed by atoms with van der Waals surface area (Å²) in [4.78, 5) is 18.8. The average molecular weight is 334 g/mol. The zero-order chi connectivity index (χ0) is 17.4. The smallest absolute Gasteiger partial charge is 0.234 e. The topological polar surface area (TPSA) is 59.1 Å². The predicted octanol–water partition coefficient (Wildman–Crippen LogP) is 0.0154. The van der Waals surface area contributed by atoms with Crippen molar-refractivity contribution < 1.29 is 9.90 Å². The Hall–Kier alpha value is -1.47. The fraction of sp³-hybridized carbons (Fsp3) is 0.611. The van der Waals surface area contributed by atoms with Gasteiger partial charge in [0.1, 0.15) is 0 Å². The van der Waals surface area contributed by atoms with Crippen molar-refractivity contribution in [2.45, 2.75) is 6.04 Å². The number of rotatable bonds is 8. The average Bonchev–Trinajstić information content (AvgIpc) is 2.58. The van der Waals surface area contributed by atoms with Crippen molar-refractivity contribution in [2.75, 3.05) is 66.5 Å². The van der Waals surface area contributed by atoms with Crippen LogP contribution in [0.4, 0.5) is 0 Å². The summed E-state index contributed by atoms with van der Waals surface area (Å²) in [6, 6.07) is 10.4. The van der Waals surface area contributed by atoms with Gasteiger partial charge in [-0.3, -0.25) is 14.6 Å². The number of hydrogen-bond donors (Lipinski definition) is 2. The standard InChI is InChI=1S/C18H30N4O2/c1-20(2)17(16-6-4-3-5-7-16)14-19-18(24)15-22-10-8-21(9-11-22)12-13-23/h3-7,17,23H,8-15H2,1-2H3,(H,19,24)/t17-/m0/s1. The SMILES string of the molecule is CN(C)[C@@H](CNC(=O)CN1CCN(CCO)CC1)c1ccccc1. The zero-order valence-corrected chi connectivity index (χ0v) is 14.8. The molecular formula is C18H30N4O2. The third-order valence-electron chi connectivity index (χ3n) is 4.55. The van der Waals surface area contributed by atoms with Crippen molar-refractivity contribution in [3.8, 4) is 0 Å². The molecule has 1 amide bonds. The van der Waals surface area contributed by atoms with Crippen LogP contribution in [0, 0.1) is 0 Å². The van der Waals surface area contributed by atoms with Gasteiger partial charge in [-0.15, -0.1) is 0 Å². The molecule has 0 aliphatic carbocycles. The monoisotopic (exact) mass is 334 g/mol. The summed E-state index contributed by atoms with van der Waals surface area (Å²) in [7, 11) is 4.06. The summed E-state index contributed by atoms with van der Waals surface area (Å²) in [6.45, 7) is 5.57. The van der Waals surface area contributed by atoms with Crippen LogP contribution >= 0.6 is 0 Å². The number of carbonyl (C=O) groups excluding carboxylic acids is 1. The highest BCUT2D eigenvalue weighted by molar-refractivity contribution is 5.78. The first kappa shape index (κ1) is 18.9. The van der Waals surface area contributed by atoms with Crippen LogP contribution in [0.3, 0.4) is 0 Å². The molecule has 6 heteroatoms. The highest BCUT2D eigenvalue weighted by Crippen LogP contribution is 2.16. The molecule has 1 heterocycles. The number of aliphatic hydroxyl groups is 1. The number of hydrogen-bond acceptors (Lipinski definition) is 5. The Bertz CT molecular complexity index is 487. The van der Waals surface area contributed by atoms with Gasteiger partial charge in [-0.1, -0.05) is 30.3 Å². The lowest BCUT2D eigenvalue weighted by molar-refractivity contribution is -0.122. The lowest BCUT2D eigenvalue weighted by atomic mass is 10.1. The Morgan fingerprint density at radius 1 is 1.17 bits per heavy atom. The second-order valence-electron chi connectivity index (χ2n) is 6.54. The van der Waals surface area contributed by atoms with E-state index in [1.165, 1.54) is 5.56 Å². The fourth-order valence-electron chi connectivity index (χ4n) is 3.06. The van der Waals surface area contributed by atoms with E-state index in [0.717, 1.165) is 32.7 Å². The van der Waals surface area contributed by atoms with Crippen molar-refractivity contribution in [1.29, 1.82) is 0 Å². The van der Waals surface area contributed by atoms with Crippen LogP contribution in [-0.2, 0) is 4.79 Å². The van der Waals surface area contributed by atoms with Crippen molar-refractivity contribution >= 4 is 5.91 Å². The second-order valence-corrected chi connectivity index (χ2v) is 6.54. The van der Waals surface area contributed by atoms with Gasteiger partial charge in [0.05, 0.1) is 19.2 Å². The van der Waals surface area contributed by atoms with Gasteiger partial charge in [0.2, 0.25) is 5.91 Å². The number of nitrogens with one attached hydrogen (secondary N) is 1. The number of amides is 1. The van der Waals surface area contributed by atoms with Gasteiger partial charge in [0.25, 0.3) is 0 Å². The van der Waals surface area contributed by atoms with Gasteiger partial charge >= 0.3 is 0 Å². The molecule has 1 aliphatic heterocycles. The summed E-state index contributed by atoms with van der Waals surface area (Å²) in [5.74, 6) is 0.0772. The lowest BCUT2D eigenvalue weighted by Crippen LogP contribution is -2.50.